The normalized spacial score (nSPS) is 15.9. The third kappa shape index (κ3) is 4.64. The lowest BCUT2D eigenvalue weighted by Crippen LogP contribution is -2.24. The monoisotopic (exact) mass is 477 g/mol. The van der Waals surface area contributed by atoms with E-state index in [1.807, 2.05) is 42.5 Å². The summed E-state index contributed by atoms with van der Waals surface area (Å²) in [6.45, 7) is 1.89. The molecular weight excluding hydrogens is 453 g/mol. The number of aromatic nitrogens is 2. The van der Waals surface area contributed by atoms with Crippen LogP contribution in [-0.2, 0) is 11.3 Å². The second kappa shape index (κ2) is 9.85. The minimum absolute atomic E-state index is 0.0238. The van der Waals surface area contributed by atoms with E-state index in [1.165, 1.54) is 12.1 Å². The highest BCUT2D eigenvalue weighted by Crippen LogP contribution is 2.33. The van der Waals surface area contributed by atoms with Gasteiger partial charge in [0.2, 0.25) is 5.91 Å². The van der Waals surface area contributed by atoms with Crippen molar-refractivity contribution < 1.29 is 13.9 Å². The van der Waals surface area contributed by atoms with Gasteiger partial charge in [0.1, 0.15) is 17.4 Å². The Labute approximate surface area is 202 Å². The van der Waals surface area contributed by atoms with Crippen molar-refractivity contribution in [2.24, 2.45) is 0 Å². The number of fused-ring (bicyclic) bond motifs is 1. The number of carbonyl (C=O) groups excluding carboxylic acids is 1. The SMILES string of the molecule is O=C1CC(c2nc3ccccc3n2CCCCOc2ccccc2Cl)CN1c1ccc(F)cc1. The van der Waals surface area contributed by atoms with Crippen LogP contribution in [0, 0.1) is 5.82 Å². The molecule has 1 aromatic heterocycles. The van der Waals surface area contributed by atoms with E-state index in [1.54, 1.807) is 17.0 Å². The smallest absolute Gasteiger partial charge is 0.227 e. The molecule has 1 fully saturated rings. The first kappa shape index (κ1) is 22.4. The molecule has 0 N–H and O–H groups in total. The molecule has 2 heterocycles. The summed E-state index contributed by atoms with van der Waals surface area (Å²) in [4.78, 5) is 19.4. The summed E-state index contributed by atoms with van der Waals surface area (Å²) in [6.07, 6.45) is 2.15. The number of hydrogen-bond acceptors (Lipinski definition) is 3. The van der Waals surface area contributed by atoms with Crippen LogP contribution in [0.5, 0.6) is 5.75 Å². The predicted octanol–water partition coefficient (Wildman–Crippen LogP) is 6.21. The molecule has 0 aliphatic carbocycles. The van der Waals surface area contributed by atoms with Gasteiger partial charge in [-0.2, -0.15) is 0 Å². The number of unbranched alkanes of at least 4 members (excludes halogenated alkanes) is 1. The molecule has 4 aromatic rings. The highest BCUT2D eigenvalue weighted by molar-refractivity contribution is 6.32. The quantitative estimate of drug-likeness (QED) is 0.283. The van der Waals surface area contributed by atoms with Crippen LogP contribution in [0.15, 0.2) is 72.8 Å². The number of halogens is 2. The van der Waals surface area contributed by atoms with Crippen LogP contribution in [0.3, 0.4) is 0 Å². The van der Waals surface area contributed by atoms with E-state index < -0.39 is 0 Å². The number of rotatable bonds is 8. The third-order valence-corrected chi connectivity index (χ3v) is 6.50. The predicted molar refractivity (Wildman–Crippen MR) is 132 cm³/mol. The number of imidazole rings is 1. The summed E-state index contributed by atoms with van der Waals surface area (Å²) in [7, 11) is 0. The molecule has 174 valence electrons. The summed E-state index contributed by atoms with van der Waals surface area (Å²) in [5.41, 5.74) is 2.71. The first-order valence-corrected chi connectivity index (χ1v) is 11.9. The Bertz CT molecular complexity index is 1300. The minimum Gasteiger partial charge on any atom is -0.492 e. The van der Waals surface area contributed by atoms with Crippen LogP contribution in [0.4, 0.5) is 10.1 Å². The molecule has 3 aromatic carbocycles. The molecule has 5 rings (SSSR count). The van der Waals surface area contributed by atoms with Gasteiger partial charge in [0.25, 0.3) is 0 Å². The lowest BCUT2D eigenvalue weighted by atomic mass is 10.1. The molecule has 5 nitrogen and oxygen atoms in total. The topological polar surface area (TPSA) is 47.4 Å². The Morgan fingerprint density at radius 3 is 2.59 bits per heavy atom. The molecular formula is C27H25ClFN3O2. The van der Waals surface area contributed by atoms with Gasteiger partial charge in [-0.1, -0.05) is 35.9 Å². The van der Waals surface area contributed by atoms with Crippen LogP contribution >= 0.6 is 11.6 Å². The van der Waals surface area contributed by atoms with Gasteiger partial charge < -0.3 is 14.2 Å². The van der Waals surface area contributed by atoms with Crippen molar-refractivity contribution in [3.05, 3.63) is 89.5 Å². The highest BCUT2D eigenvalue weighted by Gasteiger charge is 2.34. The fourth-order valence-corrected chi connectivity index (χ4v) is 4.70. The van der Waals surface area contributed by atoms with Gasteiger partial charge >= 0.3 is 0 Å². The van der Waals surface area contributed by atoms with Crippen molar-refractivity contribution in [2.75, 3.05) is 18.1 Å². The molecule has 0 saturated carbocycles. The highest BCUT2D eigenvalue weighted by atomic mass is 35.5. The zero-order valence-electron chi connectivity index (χ0n) is 18.7. The number of para-hydroxylation sites is 3. The molecule has 34 heavy (non-hydrogen) atoms. The summed E-state index contributed by atoms with van der Waals surface area (Å²) in [5.74, 6) is 1.31. The summed E-state index contributed by atoms with van der Waals surface area (Å²) < 4.78 is 21.4. The van der Waals surface area contributed by atoms with E-state index in [-0.39, 0.29) is 17.6 Å². The van der Waals surface area contributed by atoms with E-state index in [2.05, 4.69) is 10.6 Å². The standard InChI is InChI=1S/C27H25ClFN3O2/c28-22-7-1-4-10-25(22)34-16-6-5-15-31-24-9-3-2-8-23(24)30-27(31)19-17-26(33)32(18-19)21-13-11-20(29)12-14-21/h1-4,7-14,19H,5-6,15-18H2. The molecule has 1 aliphatic heterocycles. The number of hydrogen-bond donors (Lipinski definition) is 0. The Morgan fingerprint density at radius 1 is 1.00 bits per heavy atom. The van der Waals surface area contributed by atoms with Gasteiger partial charge in [-0.25, -0.2) is 9.37 Å². The summed E-state index contributed by atoms with van der Waals surface area (Å²) in [6, 6.07) is 21.6. The molecule has 0 spiro atoms. The number of carbonyl (C=O) groups is 1. The summed E-state index contributed by atoms with van der Waals surface area (Å²) >= 11 is 6.17. The molecule has 1 amide bonds. The van der Waals surface area contributed by atoms with Crippen molar-refractivity contribution in [2.45, 2.75) is 31.7 Å². The van der Waals surface area contributed by atoms with Crippen LogP contribution in [-0.4, -0.2) is 28.6 Å². The number of amides is 1. The maximum Gasteiger partial charge on any atom is 0.227 e. The van der Waals surface area contributed by atoms with E-state index >= 15 is 0 Å². The fourth-order valence-electron chi connectivity index (χ4n) is 4.51. The Kier molecular flexibility index (Phi) is 6.50. The number of anilines is 1. The van der Waals surface area contributed by atoms with Crippen molar-refractivity contribution in [3.8, 4) is 5.75 Å². The Morgan fingerprint density at radius 2 is 1.76 bits per heavy atom. The van der Waals surface area contributed by atoms with E-state index in [9.17, 15) is 9.18 Å². The Hall–Kier alpha value is -3.38. The second-order valence-corrected chi connectivity index (χ2v) is 8.89. The van der Waals surface area contributed by atoms with Gasteiger partial charge in [0.05, 0.1) is 22.7 Å². The van der Waals surface area contributed by atoms with Crippen LogP contribution < -0.4 is 9.64 Å². The average Bonchev–Trinajstić information content (AvgIpc) is 3.41. The van der Waals surface area contributed by atoms with E-state index in [0.29, 0.717) is 36.0 Å². The van der Waals surface area contributed by atoms with Crippen molar-refractivity contribution in [1.82, 2.24) is 9.55 Å². The average molecular weight is 478 g/mol. The zero-order valence-corrected chi connectivity index (χ0v) is 19.4. The van der Waals surface area contributed by atoms with Gasteiger partial charge in [-0.05, 0) is 61.4 Å². The molecule has 0 bridgehead atoms. The molecule has 1 saturated heterocycles. The minimum atomic E-state index is -0.313. The van der Waals surface area contributed by atoms with Gasteiger partial charge in [0.15, 0.2) is 0 Å². The fraction of sp³-hybridized carbons (Fsp3) is 0.259. The zero-order chi connectivity index (χ0) is 23.5. The lowest BCUT2D eigenvalue weighted by molar-refractivity contribution is -0.117. The van der Waals surface area contributed by atoms with Gasteiger partial charge in [-0.3, -0.25) is 4.79 Å². The Balaban J connectivity index is 1.30. The maximum atomic E-state index is 13.3. The molecule has 1 aliphatic rings. The summed E-state index contributed by atoms with van der Waals surface area (Å²) in [5, 5.41) is 0.613. The number of ether oxygens (including phenoxy) is 1. The van der Waals surface area contributed by atoms with E-state index in [0.717, 1.165) is 36.2 Å². The van der Waals surface area contributed by atoms with Gasteiger partial charge in [0, 0.05) is 31.1 Å². The van der Waals surface area contributed by atoms with Crippen molar-refractivity contribution >= 4 is 34.2 Å². The van der Waals surface area contributed by atoms with E-state index in [4.69, 9.17) is 21.3 Å². The molecule has 1 atom stereocenters. The maximum absolute atomic E-state index is 13.3. The van der Waals surface area contributed by atoms with Crippen LogP contribution in [0.25, 0.3) is 11.0 Å². The van der Waals surface area contributed by atoms with Crippen LogP contribution in [0.1, 0.15) is 31.0 Å². The van der Waals surface area contributed by atoms with Gasteiger partial charge in [-0.15, -0.1) is 0 Å². The number of benzene rings is 3. The van der Waals surface area contributed by atoms with Crippen LogP contribution in [0.2, 0.25) is 5.02 Å². The lowest BCUT2D eigenvalue weighted by Gasteiger charge is -2.17. The second-order valence-electron chi connectivity index (χ2n) is 8.48. The van der Waals surface area contributed by atoms with Crippen molar-refractivity contribution in [1.29, 1.82) is 0 Å². The number of nitrogens with zero attached hydrogens (tertiary/aromatic N) is 3. The first-order valence-electron chi connectivity index (χ1n) is 11.5. The largest absolute Gasteiger partial charge is 0.492 e. The number of aryl methyl sites for hydroxylation is 1. The molecule has 0 radical (unpaired) electrons. The molecule has 1 unspecified atom stereocenters. The first-order chi connectivity index (χ1) is 16.6. The third-order valence-electron chi connectivity index (χ3n) is 6.18. The molecule has 7 heteroatoms. The van der Waals surface area contributed by atoms with Crippen molar-refractivity contribution in [3.63, 3.8) is 0 Å².